The number of likely N-dealkylation sites (N-methyl/N-ethyl adjacent to an activating group) is 1. The summed E-state index contributed by atoms with van der Waals surface area (Å²) in [7, 11) is 1.89. The summed E-state index contributed by atoms with van der Waals surface area (Å²) in [5, 5.41) is 0. The minimum absolute atomic E-state index is 0.0604. The molecule has 23 heavy (non-hydrogen) atoms. The minimum Gasteiger partial charge on any atom is -0.343 e. The highest BCUT2D eigenvalue weighted by atomic mass is 16.2. The first-order valence-electron chi connectivity index (χ1n) is 8.77. The van der Waals surface area contributed by atoms with Crippen LogP contribution in [-0.2, 0) is 11.3 Å². The number of amides is 1. The largest absolute Gasteiger partial charge is 0.343 e. The average Bonchev–Trinajstić information content (AvgIpc) is 2.56. The van der Waals surface area contributed by atoms with Gasteiger partial charge in [0.2, 0.25) is 5.91 Å². The fourth-order valence-corrected chi connectivity index (χ4v) is 3.24. The molecule has 0 spiro atoms. The van der Waals surface area contributed by atoms with E-state index in [0.717, 1.165) is 26.1 Å². The van der Waals surface area contributed by atoms with Crippen LogP contribution in [-0.4, -0.2) is 47.9 Å². The highest BCUT2D eigenvalue weighted by Gasteiger charge is 2.27. The van der Waals surface area contributed by atoms with Gasteiger partial charge in [0, 0.05) is 26.2 Å². The summed E-state index contributed by atoms with van der Waals surface area (Å²) >= 11 is 0. The lowest BCUT2D eigenvalue weighted by Gasteiger charge is -2.38. The molecule has 2 rings (SSSR count). The molecule has 1 aromatic carbocycles. The highest BCUT2D eigenvalue weighted by molar-refractivity contribution is 5.81. The predicted molar refractivity (Wildman–Crippen MR) is 94.9 cm³/mol. The highest BCUT2D eigenvalue weighted by Crippen LogP contribution is 2.20. The fourth-order valence-electron chi connectivity index (χ4n) is 3.24. The van der Waals surface area contributed by atoms with E-state index in [4.69, 9.17) is 5.73 Å². The molecule has 1 unspecified atom stereocenters. The van der Waals surface area contributed by atoms with Crippen LogP contribution < -0.4 is 5.73 Å². The lowest BCUT2D eigenvalue weighted by Crippen LogP contribution is -2.51. The van der Waals surface area contributed by atoms with E-state index in [1.165, 1.54) is 18.4 Å². The number of piperidine rings is 1. The maximum atomic E-state index is 12.4. The van der Waals surface area contributed by atoms with Gasteiger partial charge in [0.25, 0.3) is 0 Å². The van der Waals surface area contributed by atoms with Crippen molar-refractivity contribution in [1.82, 2.24) is 9.80 Å². The van der Waals surface area contributed by atoms with Gasteiger partial charge in [-0.3, -0.25) is 9.69 Å². The summed E-state index contributed by atoms with van der Waals surface area (Å²) in [5.41, 5.74) is 7.36. The smallest absolute Gasteiger partial charge is 0.239 e. The van der Waals surface area contributed by atoms with Crippen molar-refractivity contribution in [3.63, 3.8) is 0 Å². The van der Waals surface area contributed by atoms with Crippen LogP contribution in [0.15, 0.2) is 30.3 Å². The van der Waals surface area contributed by atoms with Crippen LogP contribution >= 0.6 is 0 Å². The van der Waals surface area contributed by atoms with Crippen LogP contribution in [0.25, 0.3) is 0 Å². The molecule has 4 nitrogen and oxygen atoms in total. The molecule has 0 aromatic heterocycles. The molecule has 0 radical (unpaired) electrons. The molecular formula is C19H31N3O. The molecule has 1 aliphatic heterocycles. The normalized spacial score (nSPS) is 20.5. The second-order valence-electron chi connectivity index (χ2n) is 7.09. The fraction of sp³-hybridized carbons (Fsp3) is 0.632. The summed E-state index contributed by atoms with van der Waals surface area (Å²) in [5.74, 6) is 0.238. The summed E-state index contributed by atoms with van der Waals surface area (Å²) < 4.78 is 0. The maximum absolute atomic E-state index is 12.4. The number of benzene rings is 1. The molecule has 4 heteroatoms. The van der Waals surface area contributed by atoms with E-state index in [9.17, 15) is 4.79 Å². The van der Waals surface area contributed by atoms with Gasteiger partial charge in [-0.15, -0.1) is 0 Å². The molecule has 0 bridgehead atoms. The number of likely N-dealkylation sites (tertiary alicyclic amines) is 1. The molecule has 128 valence electrons. The van der Waals surface area contributed by atoms with Crippen molar-refractivity contribution in [1.29, 1.82) is 0 Å². The monoisotopic (exact) mass is 317 g/mol. The molecule has 2 N–H and O–H groups in total. The first-order chi connectivity index (χ1) is 11.0. The van der Waals surface area contributed by atoms with E-state index in [2.05, 4.69) is 35.2 Å². The molecule has 0 aliphatic carbocycles. The molecule has 1 fully saturated rings. The lowest BCUT2D eigenvalue weighted by atomic mass is 9.99. The van der Waals surface area contributed by atoms with E-state index in [1.807, 2.05) is 25.8 Å². The third-order valence-electron chi connectivity index (χ3n) is 4.84. The number of rotatable bonds is 6. The molecule has 2 atom stereocenters. The standard InChI is InChI=1S/C19H31N3O/c1-15(2)18(20)19(23)21(3)14-17-11-7-8-12-22(17)13-16-9-5-4-6-10-16/h4-6,9-10,15,17-18H,7-8,11-14,20H2,1-3H3/t17-,18?/m0/s1. The van der Waals surface area contributed by atoms with Crippen LogP contribution in [0.1, 0.15) is 38.7 Å². The van der Waals surface area contributed by atoms with Crippen molar-refractivity contribution in [2.75, 3.05) is 20.1 Å². The van der Waals surface area contributed by atoms with Crippen molar-refractivity contribution < 1.29 is 4.79 Å². The lowest BCUT2D eigenvalue weighted by molar-refractivity contribution is -0.133. The van der Waals surface area contributed by atoms with E-state index >= 15 is 0 Å². The molecule has 1 heterocycles. The molecule has 1 aromatic rings. The van der Waals surface area contributed by atoms with Crippen molar-refractivity contribution in [3.05, 3.63) is 35.9 Å². The maximum Gasteiger partial charge on any atom is 0.239 e. The van der Waals surface area contributed by atoms with Crippen molar-refractivity contribution >= 4 is 5.91 Å². The van der Waals surface area contributed by atoms with E-state index in [1.54, 1.807) is 0 Å². The van der Waals surface area contributed by atoms with Crippen molar-refractivity contribution in [3.8, 4) is 0 Å². The van der Waals surface area contributed by atoms with Gasteiger partial charge in [-0.05, 0) is 30.9 Å². The van der Waals surface area contributed by atoms with Gasteiger partial charge >= 0.3 is 0 Å². The van der Waals surface area contributed by atoms with Crippen LogP contribution in [0.4, 0.5) is 0 Å². The topological polar surface area (TPSA) is 49.6 Å². The Morgan fingerprint density at radius 2 is 2.00 bits per heavy atom. The average molecular weight is 317 g/mol. The Labute approximate surface area is 140 Å². The van der Waals surface area contributed by atoms with Gasteiger partial charge in [-0.1, -0.05) is 50.6 Å². The molecule has 1 amide bonds. The molecular weight excluding hydrogens is 286 g/mol. The van der Waals surface area contributed by atoms with Gasteiger partial charge < -0.3 is 10.6 Å². The first-order valence-corrected chi connectivity index (χ1v) is 8.77. The van der Waals surface area contributed by atoms with Gasteiger partial charge in [-0.2, -0.15) is 0 Å². The predicted octanol–water partition coefficient (Wildman–Crippen LogP) is 2.48. The van der Waals surface area contributed by atoms with Crippen molar-refractivity contribution in [2.24, 2.45) is 11.7 Å². The molecule has 0 saturated carbocycles. The zero-order valence-electron chi connectivity index (χ0n) is 14.7. The Bertz CT molecular complexity index is 489. The number of carbonyl (C=O) groups is 1. The minimum atomic E-state index is -0.397. The van der Waals surface area contributed by atoms with Crippen LogP contribution in [0, 0.1) is 5.92 Å². The van der Waals surface area contributed by atoms with Crippen LogP contribution in [0.5, 0.6) is 0 Å². The first kappa shape index (κ1) is 18.0. The van der Waals surface area contributed by atoms with E-state index < -0.39 is 6.04 Å². The number of nitrogens with two attached hydrogens (primary N) is 1. The second-order valence-corrected chi connectivity index (χ2v) is 7.09. The quantitative estimate of drug-likeness (QED) is 0.877. The third-order valence-corrected chi connectivity index (χ3v) is 4.84. The number of hydrogen-bond donors (Lipinski definition) is 1. The van der Waals surface area contributed by atoms with Gasteiger partial charge in [0.15, 0.2) is 0 Å². The van der Waals surface area contributed by atoms with E-state index in [-0.39, 0.29) is 11.8 Å². The van der Waals surface area contributed by atoms with Gasteiger partial charge in [-0.25, -0.2) is 0 Å². The third kappa shape index (κ3) is 5.05. The van der Waals surface area contributed by atoms with Crippen LogP contribution in [0.2, 0.25) is 0 Å². The van der Waals surface area contributed by atoms with Gasteiger partial charge in [0.1, 0.15) is 0 Å². The Hall–Kier alpha value is -1.39. The summed E-state index contributed by atoms with van der Waals surface area (Å²) in [4.78, 5) is 16.8. The molecule has 1 aliphatic rings. The Morgan fingerprint density at radius 1 is 1.30 bits per heavy atom. The number of nitrogens with zero attached hydrogens (tertiary/aromatic N) is 2. The van der Waals surface area contributed by atoms with Crippen LogP contribution in [0.3, 0.4) is 0 Å². The van der Waals surface area contributed by atoms with E-state index in [0.29, 0.717) is 6.04 Å². The second kappa shape index (κ2) is 8.46. The van der Waals surface area contributed by atoms with Crippen molar-refractivity contribution in [2.45, 2.75) is 51.7 Å². The SMILES string of the molecule is CC(C)C(N)C(=O)N(C)C[C@@H]1CCCCN1Cc1ccccc1. The molecule has 1 saturated heterocycles. The van der Waals surface area contributed by atoms with Gasteiger partial charge in [0.05, 0.1) is 6.04 Å². The summed E-state index contributed by atoms with van der Waals surface area (Å²) in [6.45, 7) is 6.84. The Morgan fingerprint density at radius 3 is 2.65 bits per heavy atom. The number of hydrogen-bond acceptors (Lipinski definition) is 3. The summed E-state index contributed by atoms with van der Waals surface area (Å²) in [6, 6.07) is 10.6. The zero-order chi connectivity index (χ0) is 16.8. The Balaban J connectivity index is 1.97. The Kier molecular flexibility index (Phi) is 6.60. The number of carbonyl (C=O) groups excluding carboxylic acids is 1. The zero-order valence-corrected chi connectivity index (χ0v) is 14.7. The summed E-state index contributed by atoms with van der Waals surface area (Å²) in [6.07, 6.45) is 3.64.